The van der Waals surface area contributed by atoms with Gasteiger partial charge in [-0.05, 0) is 41.1 Å². The standard InChI is InChI=1S/C10H10F2INO2/c1-2-16-8(15)4-6-3-7(13)9(10(11)12)14-5-6/h3,5,10H,2,4H2,1H3. The minimum atomic E-state index is -2.59. The van der Waals surface area contributed by atoms with Crippen molar-refractivity contribution in [2.45, 2.75) is 19.8 Å². The molecule has 0 aliphatic heterocycles. The molecular formula is C10H10F2INO2. The Hall–Kier alpha value is -0.790. The predicted molar refractivity (Wildman–Crippen MR) is 62.2 cm³/mol. The topological polar surface area (TPSA) is 39.2 Å². The monoisotopic (exact) mass is 341 g/mol. The smallest absolute Gasteiger partial charge is 0.310 e. The summed E-state index contributed by atoms with van der Waals surface area (Å²) in [4.78, 5) is 14.8. The van der Waals surface area contributed by atoms with Crippen LogP contribution in [0, 0.1) is 3.57 Å². The predicted octanol–water partition coefficient (Wildman–Crippen LogP) is 2.73. The van der Waals surface area contributed by atoms with Crippen LogP contribution in [-0.4, -0.2) is 17.6 Å². The summed E-state index contributed by atoms with van der Waals surface area (Å²) >= 11 is 1.77. The van der Waals surface area contributed by atoms with E-state index in [1.165, 1.54) is 12.3 Å². The first kappa shape index (κ1) is 13.3. The van der Waals surface area contributed by atoms with Gasteiger partial charge in [-0.1, -0.05) is 0 Å². The van der Waals surface area contributed by atoms with Crippen molar-refractivity contribution in [2.24, 2.45) is 0 Å². The second-order valence-electron chi connectivity index (χ2n) is 2.99. The normalized spacial score (nSPS) is 10.6. The van der Waals surface area contributed by atoms with E-state index in [4.69, 9.17) is 4.74 Å². The summed E-state index contributed by atoms with van der Waals surface area (Å²) in [5.41, 5.74) is 0.320. The van der Waals surface area contributed by atoms with Gasteiger partial charge in [0.15, 0.2) is 0 Å². The second kappa shape index (κ2) is 6.07. The molecule has 6 heteroatoms. The number of hydrogen-bond acceptors (Lipinski definition) is 3. The number of rotatable bonds is 4. The number of hydrogen-bond donors (Lipinski definition) is 0. The highest BCUT2D eigenvalue weighted by Crippen LogP contribution is 2.22. The van der Waals surface area contributed by atoms with E-state index >= 15 is 0 Å². The van der Waals surface area contributed by atoms with E-state index in [0.717, 1.165) is 0 Å². The van der Waals surface area contributed by atoms with Gasteiger partial charge in [0, 0.05) is 9.77 Å². The van der Waals surface area contributed by atoms with Gasteiger partial charge < -0.3 is 4.74 Å². The zero-order chi connectivity index (χ0) is 12.1. The molecule has 1 aromatic rings. The maximum atomic E-state index is 12.4. The third kappa shape index (κ3) is 3.66. The molecule has 0 N–H and O–H groups in total. The number of pyridine rings is 1. The summed E-state index contributed by atoms with van der Waals surface area (Å²) in [6.45, 7) is 2.01. The van der Waals surface area contributed by atoms with Crippen molar-refractivity contribution in [3.63, 3.8) is 0 Å². The molecule has 0 saturated heterocycles. The van der Waals surface area contributed by atoms with Crippen molar-refractivity contribution in [2.75, 3.05) is 6.61 Å². The van der Waals surface area contributed by atoms with E-state index in [1.54, 1.807) is 29.5 Å². The van der Waals surface area contributed by atoms with E-state index in [2.05, 4.69) is 4.98 Å². The van der Waals surface area contributed by atoms with Gasteiger partial charge in [0.05, 0.1) is 13.0 Å². The minimum absolute atomic E-state index is 0.0559. The SMILES string of the molecule is CCOC(=O)Cc1cnc(C(F)F)c(I)c1. The summed E-state index contributed by atoms with van der Waals surface area (Å²) in [6, 6.07) is 1.52. The van der Waals surface area contributed by atoms with Crippen molar-refractivity contribution < 1.29 is 18.3 Å². The summed E-state index contributed by atoms with van der Waals surface area (Å²) in [5, 5.41) is 0. The van der Waals surface area contributed by atoms with Crippen molar-refractivity contribution in [1.82, 2.24) is 4.98 Å². The Bertz CT molecular complexity index is 385. The van der Waals surface area contributed by atoms with E-state index in [1.807, 2.05) is 0 Å². The van der Waals surface area contributed by atoms with Crippen LogP contribution in [0.5, 0.6) is 0 Å². The number of nitrogens with zero attached hydrogens (tertiary/aromatic N) is 1. The Morgan fingerprint density at radius 2 is 2.31 bits per heavy atom. The Labute approximate surface area is 105 Å². The first-order valence-corrected chi connectivity index (χ1v) is 5.70. The van der Waals surface area contributed by atoms with Crippen molar-refractivity contribution in [1.29, 1.82) is 0 Å². The summed E-state index contributed by atoms with van der Waals surface area (Å²) in [6.07, 6.45) is -1.26. The van der Waals surface area contributed by atoms with Crippen LogP contribution in [0.15, 0.2) is 12.3 Å². The van der Waals surface area contributed by atoms with Crippen LogP contribution < -0.4 is 0 Å². The molecule has 0 aromatic carbocycles. The average Bonchev–Trinajstić information content (AvgIpc) is 2.17. The first-order chi connectivity index (χ1) is 7.54. The molecule has 1 rings (SSSR count). The van der Waals surface area contributed by atoms with Gasteiger partial charge in [-0.15, -0.1) is 0 Å². The van der Waals surface area contributed by atoms with Crippen LogP contribution in [0.2, 0.25) is 0 Å². The molecule has 16 heavy (non-hydrogen) atoms. The van der Waals surface area contributed by atoms with Crippen LogP contribution in [0.1, 0.15) is 24.6 Å². The minimum Gasteiger partial charge on any atom is -0.466 e. The van der Waals surface area contributed by atoms with Crippen LogP contribution in [-0.2, 0) is 16.0 Å². The number of halogens is 3. The van der Waals surface area contributed by atoms with Gasteiger partial charge in [-0.2, -0.15) is 0 Å². The molecule has 0 spiro atoms. The zero-order valence-electron chi connectivity index (χ0n) is 8.54. The molecule has 1 aromatic heterocycles. The highest BCUT2D eigenvalue weighted by molar-refractivity contribution is 14.1. The lowest BCUT2D eigenvalue weighted by Gasteiger charge is -2.05. The van der Waals surface area contributed by atoms with Crippen LogP contribution in [0.3, 0.4) is 0 Å². The molecule has 88 valence electrons. The van der Waals surface area contributed by atoms with Gasteiger partial charge in [0.25, 0.3) is 6.43 Å². The lowest BCUT2D eigenvalue weighted by atomic mass is 10.2. The highest BCUT2D eigenvalue weighted by Gasteiger charge is 2.14. The van der Waals surface area contributed by atoms with Crippen LogP contribution >= 0.6 is 22.6 Å². The van der Waals surface area contributed by atoms with Gasteiger partial charge >= 0.3 is 5.97 Å². The van der Waals surface area contributed by atoms with Gasteiger partial charge in [0.2, 0.25) is 0 Å². The molecule has 1 heterocycles. The fraction of sp³-hybridized carbons (Fsp3) is 0.400. The van der Waals surface area contributed by atoms with E-state index < -0.39 is 6.43 Å². The van der Waals surface area contributed by atoms with E-state index in [9.17, 15) is 13.6 Å². The molecule has 0 bridgehead atoms. The Morgan fingerprint density at radius 3 is 2.81 bits per heavy atom. The Morgan fingerprint density at radius 1 is 1.62 bits per heavy atom. The van der Waals surface area contributed by atoms with E-state index in [-0.39, 0.29) is 18.1 Å². The fourth-order valence-electron chi connectivity index (χ4n) is 1.12. The Kier molecular flexibility index (Phi) is 5.04. The zero-order valence-corrected chi connectivity index (χ0v) is 10.7. The molecule has 0 amide bonds. The third-order valence-electron chi connectivity index (χ3n) is 1.79. The summed E-state index contributed by atoms with van der Waals surface area (Å²) in [5.74, 6) is -0.384. The molecular weight excluding hydrogens is 331 g/mol. The van der Waals surface area contributed by atoms with Crippen LogP contribution in [0.25, 0.3) is 0 Å². The number of carbonyl (C=O) groups is 1. The number of esters is 1. The van der Waals surface area contributed by atoms with Gasteiger partial charge in [0.1, 0.15) is 5.69 Å². The van der Waals surface area contributed by atoms with Gasteiger partial charge in [-0.3, -0.25) is 9.78 Å². The molecule has 0 unspecified atom stereocenters. The lowest BCUT2D eigenvalue weighted by Crippen LogP contribution is -2.08. The largest absolute Gasteiger partial charge is 0.466 e. The fourth-order valence-corrected chi connectivity index (χ4v) is 1.90. The number of aromatic nitrogens is 1. The first-order valence-electron chi connectivity index (χ1n) is 4.62. The highest BCUT2D eigenvalue weighted by atomic mass is 127. The van der Waals surface area contributed by atoms with Crippen molar-refractivity contribution in [3.8, 4) is 0 Å². The third-order valence-corrected chi connectivity index (χ3v) is 2.65. The number of carbonyl (C=O) groups excluding carboxylic acids is 1. The second-order valence-corrected chi connectivity index (χ2v) is 4.16. The quantitative estimate of drug-likeness (QED) is 0.625. The Balaban J connectivity index is 2.77. The summed E-state index contributed by atoms with van der Waals surface area (Å²) < 4.78 is 29.9. The van der Waals surface area contributed by atoms with Crippen molar-refractivity contribution >= 4 is 28.6 Å². The lowest BCUT2D eigenvalue weighted by molar-refractivity contribution is -0.142. The average molecular weight is 341 g/mol. The number of alkyl halides is 2. The maximum absolute atomic E-state index is 12.4. The maximum Gasteiger partial charge on any atom is 0.310 e. The molecule has 0 saturated carbocycles. The van der Waals surface area contributed by atoms with Crippen molar-refractivity contribution in [3.05, 3.63) is 27.1 Å². The molecule has 0 fully saturated rings. The van der Waals surface area contributed by atoms with Crippen LogP contribution in [0.4, 0.5) is 8.78 Å². The summed E-state index contributed by atoms with van der Waals surface area (Å²) in [7, 11) is 0. The molecule has 3 nitrogen and oxygen atoms in total. The van der Waals surface area contributed by atoms with E-state index in [0.29, 0.717) is 15.7 Å². The molecule has 0 atom stereocenters. The van der Waals surface area contributed by atoms with Gasteiger partial charge in [-0.25, -0.2) is 8.78 Å². The number of ether oxygens (including phenoxy) is 1. The molecule has 0 aliphatic carbocycles. The molecule has 0 aliphatic rings. The molecule has 0 radical (unpaired) electrons.